The Balaban J connectivity index is 4.44. The summed E-state index contributed by atoms with van der Waals surface area (Å²) in [5.41, 5.74) is -0.775. The predicted octanol–water partition coefficient (Wildman–Crippen LogP) is -0.0257. The van der Waals surface area contributed by atoms with Gasteiger partial charge in [0.15, 0.2) is 0 Å². The lowest BCUT2D eigenvalue weighted by atomic mass is 10.1. The fourth-order valence-corrected chi connectivity index (χ4v) is 2.44. The van der Waals surface area contributed by atoms with Gasteiger partial charge < -0.3 is 0 Å². The third-order valence-electron chi connectivity index (χ3n) is 1.11. The van der Waals surface area contributed by atoms with Crippen LogP contribution in [0.25, 0.3) is 0 Å². The Morgan fingerprint density at radius 2 is 1.92 bits per heavy atom. The third-order valence-corrected chi connectivity index (χ3v) is 3.32. The molecule has 1 amide bonds. The number of halogens is 1. The molecule has 0 unspecified atom stereocenters. The Morgan fingerprint density at radius 1 is 1.46 bits per heavy atom. The van der Waals surface area contributed by atoms with Gasteiger partial charge in [0.25, 0.3) is 0 Å². The molecule has 0 aliphatic carbocycles. The van der Waals surface area contributed by atoms with Gasteiger partial charge in [-0.3, -0.25) is 9.52 Å². The summed E-state index contributed by atoms with van der Waals surface area (Å²) in [7, 11) is -3.60. The molecule has 0 fully saturated rings. The minimum absolute atomic E-state index is 0.261. The Kier molecular flexibility index (Phi) is 4.15. The van der Waals surface area contributed by atoms with Crippen molar-refractivity contribution in [3.63, 3.8) is 0 Å². The lowest BCUT2D eigenvalue weighted by Crippen LogP contribution is -2.45. The lowest BCUT2D eigenvalue weighted by molar-refractivity contribution is -0.117. The molecule has 2 N–H and O–H groups in total. The van der Waals surface area contributed by atoms with Crippen molar-refractivity contribution in [3.8, 4) is 0 Å². The summed E-state index contributed by atoms with van der Waals surface area (Å²) in [5.74, 6) is -0.867. The predicted molar refractivity (Wildman–Crippen MR) is 50.7 cm³/mol. The van der Waals surface area contributed by atoms with E-state index in [0.29, 0.717) is 0 Å². The van der Waals surface area contributed by atoms with E-state index in [1.165, 1.54) is 0 Å². The van der Waals surface area contributed by atoms with Crippen LogP contribution in [0, 0.1) is 0 Å². The van der Waals surface area contributed by atoms with Crippen molar-refractivity contribution in [3.05, 3.63) is 0 Å². The average Bonchev–Trinajstić information content (AvgIpc) is 1.81. The van der Waals surface area contributed by atoms with Gasteiger partial charge in [-0.25, -0.2) is 13.3 Å². The standard InChI is InChI=1S/C6H13ClN2O3S/c1-5(10)8-13(11,12)4-6(2,3)9-7/h9H,4H2,1-3H3,(H,8,10). The van der Waals surface area contributed by atoms with Crippen molar-refractivity contribution >= 4 is 27.7 Å². The molecule has 0 aromatic heterocycles. The molecule has 13 heavy (non-hydrogen) atoms. The molecule has 5 nitrogen and oxygen atoms in total. The fourth-order valence-electron chi connectivity index (χ4n) is 0.757. The Labute approximate surface area is 83.0 Å². The van der Waals surface area contributed by atoms with Gasteiger partial charge in [0.2, 0.25) is 15.9 Å². The van der Waals surface area contributed by atoms with Crippen molar-refractivity contribution in [2.75, 3.05) is 5.75 Å². The molecule has 78 valence electrons. The van der Waals surface area contributed by atoms with Crippen LogP contribution < -0.4 is 9.56 Å². The highest BCUT2D eigenvalue weighted by Crippen LogP contribution is 2.06. The van der Waals surface area contributed by atoms with E-state index >= 15 is 0 Å². The molecule has 0 radical (unpaired) electrons. The maximum Gasteiger partial charge on any atom is 0.236 e. The summed E-state index contributed by atoms with van der Waals surface area (Å²) in [6, 6.07) is 0. The van der Waals surface area contributed by atoms with Gasteiger partial charge >= 0.3 is 0 Å². The molecular formula is C6H13ClN2O3S. The summed E-state index contributed by atoms with van der Waals surface area (Å²) in [5, 5.41) is 0. The number of sulfonamides is 1. The van der Waals surface area contributed by atoms with Gasteiger partial charge in [-0.05, 0) is 25.6 Å². The molecule has 0 saturated carbocycles. The summed E-state index contributed by atoms with van der Waals surface area (Å²) >= 11 is 5.31. The zero-order chi connectivity index (χ0) is 10.7. The molecule has 7 heteroatoms. The van der Waals surface area contributed by atoms with Crippen LogP contribution in [-0.4, -0.2) is 25.6 Å². The molecule has 0 heterocycles. The van der Waals surface area contributed by atoms with Crippen LogP contribution in [0.4, 0.5) is 0 Å². The van der Waals surface area contributed by atoms with Crippen LogP contribution >= 0.6 is 11.8 Å². The van der Waals surface area contributed by atoms with Gasteiger partial charge in [-0.2, -0.15) is 0 Å². The van der Waals surface area contributed by atoms with Crippen molar-refractivity contribution < 1.29 is 13.2 Å². The highest BCUT2D eigenvalue weighted by atomic mass is 35.5. The van der Waals surface area contributed by atoms with Crippen LogP contribution in [-0.2, 0) is 14.8 Å². The van der Waals surface area contributed by atoms with E-state index in [9.17, 15) is 13.2 Å². The maximum absolute atomic E-state index is 11.2. The SMILES string of the molecule is CC(=O)NS(=O)(=O)CC(C)(C)NCl. The van der Waals surface area contributed by atoms with E-state index in [2.05, 4.69) is 4.84 Å². The topological polar surface area (TPSA) is 75.3 Å². The first-order valence-electron chi connectivity index (χ1n) is 3.57. The zero-order valence-electron chi connectivity index (χ0n) is 7.72. The quantitative estimate of drug-likeness (QED) is 0.663. The van der Waals surface area contributed by atoms with E-state index in [0.717, 1.165) is 6.92 Å². The summed E-state index contributed by atoms with van der Waals surface area (Å²) in [6.07, 6.45) is 0. The van der Waals surface area contributed by atoms with Gasteiger partial charge in [-0.1, -0.05) is 0 Å². The van der Waals surface area contributed by atoms with Crippen molar-refractivity contribution in [1.82, 2.24) is 9.56 Å². The summed E-state index contributed by atoms with van der Waals surface area (Å²) < 4.78 is 24.2. The van der Waals surface area contributed by atoms with E-state index in [4.69, 9.17) is 11.8 Å². The van der Waals surface area contributed by atoms with Crippen molar-refractivity contribution in [2.45, 2.75) is 26.3 Å². The Hall–Kier alpha value is -0.330. The molecule has 0 aliphatic heterocycles. The van der Waals surface area contributed by atoms with E-state index in [1.54, 1.807) is 13.8 Å². The first-order chi connectivity index (χ1) is 5.68. The molecule has 0 aliphatic rings. The normalized spacial score (nSPS) is 12.6. The second-order valence-corrected chi connectivity index (χ2v) is 5.31. The van der Waals surface area contributed by atoms with Gasteiger partial charge in [-0.15, -0.1) is 0 Å². The Bertz CT molecular complexity index is 286. The Morgan fingerprint density at radius 3 is 2.23 bits per heavy atom. The van der Waals surface area contributed by atoms with Gasteiger partial charge in [0.05, 0.1) is 5.75 Å². The minimum atomic E-state index is -3.60. The number of nitrogens with one attached hydrogen (secondary N) is 2. The summed E-state index contributed by atoms with van der Waals surface area (Å²) in [6.45, 7) is 4.36. The van der Waals surface area contributed by atoms with Crippen molar-refractivity contribution in [2.24, 2.45) is 0 Å². The van der Waals surface area contributed by atoms with Crippen LogP contribution in [0.1, 0.15) is 20.8 Å². The number of carbonyl (C=O) groups is 1. The first kappa shape index (κ1) is 12.7. The second kappa shape index (κ2) is 4.26. The second-order valence-electron chi connectivity index (χ2n) is 3.40. The molecule has 0 bridgehead atoms. The number of hydrogen-bond acceptors (Lipinski definition) is 4. The van der Waals surface area contributed by atoms with E-state index in [-0.39, 0.29) is 5.75 Å². The van der Waals surface area contributed by atoms with Crippen LogP contribution in [0.5, 0.6) is 0 Å². The number of amides is 1. The molecule has 0 saturated heterocycles. The van der Waals surface area contributed by atoms with Crippen LogP contribution in [0.2, 0.25) is 0 Å². The lowest BCUT2D eigenvalue weighted by Gasteiger charge is -2.21. The number of carbonyl (C=O) groups excluding carboxylic acids is 1. The monoisotopic (exact) mass is 228 g/mol. The molecule has 0 spiro atoms. The average molecular weight is 229 g/mol. The summed E-state index contributed by atoms with van der Waals surface area (Å²) in [4.78, 5) is 12.8. The fraction of sp³-hybridized carbons (Fsp3) is 0.833. The highest BCUT2D eigenvalue weighted by Gasteiger charge is 2.25. The highest BCUT2D eigenvalue weighted by molar-refractivity contribution is 7.90. The molecule has 0 aromatic carbocycles. The molecule has 0 aromatic rings. The van der Waals surface area contributed by atoms with E-state index < -0.39 is 21.5 Å². The van der Waals surface area contributed by atoms with Crippen molar-refractivity contribution in [1.29, 1.82) is 0 Å². The largest absolute Gasteiger partial charge is 0.274 e. The van der Waals surface area contributed by atoms with Gasteiger partial charge in [0, 0.05) is 12.5 Å². The van der Waals surface area contributed by atoms with Crippen LogP contribution in [0.15, 0.2) is 0 Å². The number of rotatable bonds is 4. The molecular weight excluding hydrogens is 216 g/mol. The van der Waals surface area contributed by atoms with E-state index in [1.807, 2.05) is 4.72 Å². The maximum atomic E-state index is 11.2. The molecule has 0 atom stereocenters. The molecule has 0 rings (SSSR count). The van der Waals surface area contributed by atoms with Crippen LogP contribution in [0.3, 0.4) is 0 Å². The number of hydrogen-bond donors (Lipinski definition) is 2. The minimum Gasteiger partial charge on any atom is -0.274 e. The first-order valence-corrected chi connectivity index (χ1v) is 5.60. The van der Waals surface area contributed by atoms with Gasteiger partial charge in [0.1, 0.15) is 0 Å². The zero-order valence-corrected chi connectivity index (χ0v) is 9.29. The smallest absolute Gasteiger partial charge is 0.236 e. The third kappa shape index (κ3) is 5.84.